The molecule has 0 aliphatic rings. The highest BCUT2D eigenvalue weighted by Gasteiger charge is 2.20. The van der Waals surface area contributed by atoms with Crippen LogP contribution in [0.4, 0.5) is 0 Å². The van der Waals surface area contributed by atoms with Gasteiger partial charge in [0.25, 0.3) is 0 Å². The summed E-state index contributed by atoms with van der Waals surface area (Å²) in [4.78, 5) is 25.9. The molecule has 0 amide bonds. The molecular formula is C13H13NO3. The second-order valence-electron chi connectivity index (χ2n) is 3.86. The Kier molecular flexibility index (Phi) is 2.95. The van der Waals surface area contributed by atoms with E-state index >= 15 is 0 Å². The van der Waals surface area contributed by atoms with Gasteiger partial charge < -0.3 is 9.72 Å². The van der Waals surface area contributed by atoms with Crippen molar-refractivity contribution in [1.29, 1.82) is 0 Å². The molecule has 1 atom stereocenters. The Morgan fingerprint density at radius 2 is 2.00 bits per heavy atom. The molecular weight excluding hydrogens is 218 g/mol. The summed E-state index contributed by atoms with van der Waals surface area (Å²) in [6.07, 6.45) is 0.888. The number of esters is 1. The third kappa shape index (κ3) is 2.20. The largest absolute Gasteiger partial charge is 0.454 e. The van der Waals surface area contributed by atoms with Gasteiger partial charge >= 0.3 is 5.97 Å². The van der Waals surface area contributed by atoms with Crippen LogP contribution in [0.5, 0.6) is 0 Å². The van der Waals surface area contributed by atoms with Crippen LogP contribution in [0.1, 0.15) is 24.2 Å². The molecule has 0 saturated carbocycles. The van der Waals surface area contributed by atoms with Crippen LogP contribution >= 0.6 is 0 Å². The normalized spacial score (nSPS) is 12.4. The molecule has 2 rings (SSSR count). The summed E-state index contributed by atoms with van der Waals surface area (Å²) in [5, 5.41) is 0.844. The Labute approximate surface area is 98.6 Å². The standard InChI is InChI=1S/C13H13NO3/c1-8(17-9(2)15)13(16)11-7-14-12-6-4-3-5-10(11)12/h3-8,14H,1-2H3/t8-/m1/s1. The minimum atomic E-state index is -0.758. The molecule has 1 aromatic heterocycles. The van der Waals surface area contributed by atoms with Crippen molar-refractivity contribution in [2.75, 3.05) is 0 Å². The molecule has 17 heavy (non-hydrogen) atoms. The van der Waals surface area contributed by atoms with E-state index in [0.717, 1.165) is 10.9 Å². The minimum absolute atomic E-state index is 0.197. The quantitative estimate of drug-likeness (QED) is 0.651. The van der Waals surface area contributed by atoms with Crippen molar-refractivity contribution in [2.45, 2.75) is 20.0 Å². The Morgan fingerprint density at radius 3 is 2.71 bits per heavy atom. The number of ketones is 1. The van der Waals surface area contributed by atoms with E-state index in [1.807, 2.05) is 24.3 Å². The topological polar surface area (TPSA) is 59.2 Å². The van der Waals surface area contributed by atoms with Crippen molar-refractivity contribution in [3.63, 3.8) is 0 Å². The van der Waals surface area contributed by atoms with Crippen molar-refractivity contribution in [2.24, 2.45) is 0 Å². The van der Waals surface area contributed by atoms with Crippen molar-refractivity contribution >= 4 is 22.7 Å². The molecule has 88 valence electrons. The fraction of sp³-hybridized carbons (Fsp3) is 0.231. The summed E-state index contributed by atoms with van der Waals surface area (Å²) in [6, 6.07) is 7.51. The number of aromatic nitrogens is 1. The second kappa shape index (κ2) is 4.41. The van der Waals surface area contributed by atoms with Crippen LogP contribution < -0.4 is 0 Å². The van der Waals surface area contributed by atoms with E-state index in [4.69, 9.17) is 4.74 Å². The lowest BCUT2D eigenvalue weighted by Crippen LogP contribution is -2.22. The molecule has 1 N–H and O–H groups in total. The maximum Gasteiger partial charge on any atom is 0.303 e. The van der Waals surface area contributed by atoms with Crippen LogP contribution in [0.2, 0.25) is 0 Å². The van der Waals surface area contributed by atoms with Crippen molar-refractivity contribution in [3.05, 3.63) is 36.0 Å². The van der Waals surface area contributed by atoms with Gasteiger partial charge in [0.2, 0.25) is 5.78 Å². The molecule has 0 aliphatic heterocycles. The molecule has 0 spiro atoms. The number of carbonyl (C=O) groups is 2. The van der Waals surface area contributed by atoms with Gasteiger partial charge in [-0.3, -0.25) is 9.59 Å². The highest BCUT2D eigenvalue weighted by molar-refractivity contribution is 6.10. The number of nitrogens with one attached hydrogen (secondary N) is 1. The number of aromatic amines is 1. The fourth-order valence-corrected chi connectivity index (χ4v) is 1.80. The lowest BCUT2D eigenvalue weighted by atomic mass is 10.1. The first-order valence-corrected chi connectivity index (χ1v) is 5.37. The average Bonchev–Trinajstić information content (AvgIpc) is 2.70. The Morgan fingerprint density at radius 1 is 1.29 bits per heavy atom. The maximum atomic E-state index is 12.1. The highest BCUT2D eigenvalue weighted by Crippen LogP contribution is 2.19. The van der Waals surface area contributed by atoms with E-state index in [1.54, 1.807) is 13.1 Å². The Bertz CT molecular complexity index is 571. The number of hydrogen-bond donors (Lipinski definition) is 1. The van der Waals surface area contributed by atoms with E-state index in [0.29, 0.717) is 5.56 Å². The molecule has 0 bridgehead atoms. The molecule has 0 radical (unpaired) electrons. The lowest BCUT2D eigenvalue weighted by Gasteiger charge is -2.09. The number of carbonyl (C=O) groups excluding carboxylic acids is 2. The van der Waals surface area contributed by atoms with Gasteiger partial charge in [-0.15, -0.1) is 0 Å². The summed E-state index contributed by atoms with van der Waals surface area (Å²) in [5.41, 5.74) is 1.44. The Hall–Kier alpha value is -2.10. The molecule has 0 saturated heterocycles. The molecule has 0 unspecified atom stereocenters. The zero-order chi connectivity index (χ0) is 12.4. The minimum Gasteiger partial charge on any atom is -0.454 e. The van der Waals surface area contributed by atoms with Crippen LogP contribution in [0, 0.1) is 0 Å². The van der Waals surface area contributed by atoms with Crippen molar-refractivity contribution in [3.8, 4) is 0 Å². The predicted molar refractivity (Wildman–Crippen MR) is 63.9 cm³/mol. The van der Waals surface area contributed by atoms with E-state index in [1.165, 1.54) is 6.92 Å². The van der Waals surface area contributed by atoms with Crippen molar-refractivity contribution in [1.82, 2.24) is 4.98 Å². The maximum absolute atomic E-state index is 12.1. The van der Waals surface area contributed by atoms with E-state index in [9.17, 15) is 9.59 Å². The third-order valence-electron chi connectivity index (χ3n) is 2.57. The number of rotatable bonds is 3. The monoisotopic (exact) mass is 231 g/mol. The van der Waals surface area contributed by atoms with Gasteiger partial charge in [0, 0.05) is 29.6 Å². The van der Waals surface area contributed by atoms with Crippen LogP contribution in [-0.4, -0.2) is 22.8 Å². The van der Waals surface area contributed by atoms with Crippen LogP contribution in [0.15, 0.2) is 30.5 Å². The number of Topliss-reactive ketones (excluding diaryl/α,β-unsaturated/α-hetero) is 1. The van der Waals surface area contributed by atoms with Crippen LogP contribution in [-0.2, 0) is 9.53 Å². The average molecular weight is 231 g/mol. The number of ether oxygens (including phenoxy) is 1. The highest BCUT2D eigenvalue weighted by atomic mass is 16.5. The second-order valence-corrected chi connectivity index (χ2v) is 3.86. The SMILES string of the molecule is CC(=O)O[C@H](C)C(=O)c1c[nH]c2ccccc12. The van der Waals surface area contributed by atoms with Gasteiger partial charge in [-0.05, 0) is 13.0 Å². The molecule has 4 nitrogen and oxygen atoms in total. The number of benzene rings is 1. The van der Waals surface area contributed by atoms with Gasteiger partial charge in [-0.1, -0.05) is 18.2 Å². The van der Waals surface area contributed by atoms with Crippen LogP contribution in [0.25, 0.3) is 10.9 Å². The van der Waals surface area contributed by atoms with Gasteiger partial charge in [0.1, 0.15) is 0 Å². The number of fused-ring (bicyclic) bond motifs is 1. The third-order valence-corrected chi connectivity index (χ3v) is 2.57. The summed E-state index contributed by atoms with van der Waals surface area (Å²) in [6.45, 7) is 2.87. The summed E-state index contributed by atoms with van der Waals surface area (Å²) < 4.78 is 4.88. The molecule has 4 heteroatoms. The van der Waals surface area contributed by atoms with E-state index in [2.05, 4.69) is 4.98 Å². The molecule has 2 aromatic rings. The number of H-pyrrole nitrogens is 1. The van der Waals surface area contributed by atoms with Crippen molar-refractivity contribution < 1.29 is 14.3 Å². The lowest BCUT2D eigenvalue weighted by molar-refractivity contribution is -0.143. The zero-order valence-electron chi connectivity index (χ0n) is 9.69. The molecule has 0 aliphatic carbocycles. The van der Waals surface area contributed by atoms with Gasteiger partial charge in [0.05, 0.1) is 0 Å². The van der Waals surface area contributed by atoms with Gasteiger partial charge in [0.15, 0.2) is 6.10 Å². The smallest absolute Gasteiger partial charge is 0.303 e. The first-order valence-electron chi connectivity index (χ1n) is 5.37. The van der Waals surface area contributed by atoms with Gasteiger partial charge in [-0.2, -0.15) is 0 Å². The first kappa shape index (κ1) is 11.4. The Balaban J connectivity index is 2.33. The first-order chi connectivity index (χ1) is 8.09. The summed E-state index contributed by atoms with van der Waals surface area (Å²) in [5.74, 6) is -0.650. The summed E-state index contributed by atoms with van der Waals surface area (Å²) >= 11 is 0. The van der Waals surface area contributed by atoms with E-state index < -0.39 is 12.1 Å². The zero-order valence-corrected chi connectivity index (χ0v) is 9.69. The fourth-order valence-electron chi connectivity index (χ4n) is 1.80. The molecule has 0 fully saturated rings. The van der Waals surface area contributed by atoms with Gasteiger partial charge in [-0.25, -0.2) is 0 Å². The van der Waals surface area contributed by atoms with Crippen LogP contribution in [0.3, 0.4) is 0 Å². The number of hydrogen-bond acceptors (Lipinski definition) is 3. The molecule has 1 heterocycles. The van der Waals surface area contributed by atoms with E-state index in [-0.39, 0.29) is 5.78 Å². The number of para-hydroxylation sites is 1. The predicted octanol–water partition coefficient (Wildman–Crippen LogP) is 2.30. The summed E-state index contributed by atoms with van der Waals surface area (Å²) in [7, 11) is 0. The molecule has 1 aromatic carbocycles.